The van der Waals surface area contributed by atoms with Gasteiger partial charge < -0.3 is 10.2 Å². The van der Waals surface area contributed by atoms with Crippen molar-refractivity contribution >= 4 is 16.5 Å². The van der Waals surface area contributed by atoms with E-state index in [-0.39, 0.29) is 0 Å². The molecule has 0 atom stereocenters. The number of benzene rings is 1. The lowest BCUT2D eigenvalue weighted by atomic mass is 10.2. The van der Waals surface area contributed by atoms with Crippen molar-refractivity contribution in [2.24, 2.45) is 0 Å². The molecule has 90 valence electrons. The van der Waals surface area contributed by atoms with Crippen molar-refractivity contribution in [1.82, 2.24) is 10.3 Å². The molecule has 3 nitrogen and oxygen atoms in total. The van der Waals surface area contributed by atoms with Gasteiger partial charge in [-0.05, 0) is 12.6 Å². The summed E-state index contributed by atoms with van der Waals surface area (Å²) in [5, 5.41) is 6.28. The summed E-state index contributed by atoms with van der Waals surface area (Å²) in [7, 11) is 4.02. The zero-order valence-corrected chi connectivity index (χ0v) is 11.0. The average Bonchev–Trinajstić information content (AvgIpc) is 2.79. The van der Waals surface area contributed by atoms with Crippen molar-refractivity contribution in [3.05, 3.63) is 47.0 Å². The molecule has 0 aliphatic rings. The van der Waals surface area contributed by atoms with Gasteiger partial charge in [0, 0.05) is 25.5 Å². The lowest BCUT2D eigenvalue weighted by molar-refractivity contribution is 0.792. The Bertz CT molecular complexity index is 453. The Kier molecular flexibility index (Phi) is 4.12. The van der Waals surface area contributed by atoms with Gasteiger partial charge in [-0.1, -0.05) is 30.3 Å². The first-order valence-electron chi connectivity index (χ1n) is 5.63. The molecule has 0 fully saturated rings. The summed E-state index contributed by atoms with van der Waals surface area (Å²) in [5.74, 6) is 0. The van der Waals surface area contributed by atoms with E-state index in [0.29, 0.717) is 0 Å². The summed E-state index contributed by atoms with van der Waals surface area (Å²) in [5.41, 5.74) is 2.41. The molecule has 1 heterocycles. The number of rotatable bonds is 5. The number of hydrogen-bond donors (Lipinski definition) is 1. The average molecular weight is 247 g/mol. The minimum Gasteiger partial charge on any atom is -0.347 e. The van der Waals surface area contributed by atoms with E-state index in [9.17, 15) is 0 Å². The van der Waals surface area contributed by atoms with Crippen LogP contribution in [0.5, 0.6) is 0 Å². The summed E-state index contributed by atoms with van der Waals surface area (Å²) in [6.07, 6.45) is 0. The molecule has 0 amide bonds. The minimum absolute atomic E-state index is 0.829. The molecule has 1 aromatic carbocycles. The van der Waals surface area contributed by atoms with Gasteiger partial charge in [0.25, 0.3) is 0 Å². The van der Waals surface area contributed by atoms with Crippen LogP contribution in [-0.4, -0.2) is 19.1 Å². The maximum absolute atomic E-state index is 4.58. The van der Waals surface area contributed by atoms with Gasteiger partial charge in [0.05, 0.1) is 5.69 Å². The summed E-state index contributed by atoms with van der Waals surface area (Å²) < 4.78 is 0. The first kappa shape index (κ1) is 12.1. The van der Waals surface area contributed by atoms with E-state index >= 15 is 0 Å². The van der Waals surface area contributed by atoms with Crippen molar-refractivity contribution in [3.8, 4) is 0 Å². The van der Waals surface area contributed by atoms with Gasteiger partial charge >= 0.3 is 0 Å². The second kappa shape index (κ2) is 5.80. The van der Waals surface area contributed by atoms with Crippen LogP contribution in [0.25, 0.3) is 0 Å². The van der Waals surface area contributed by atoms with Crippen LogP contribution in [0.15, 0.2) is 35.7 Å². The SMILES string of the molecule is CNCc1csc(N(C)Cc2ccccc2)n1. The van der Waals surface area contributed by atoms with Crippen molar-refractivity contribution in [1.29, 1.82) is 0 Å². The molecule has 1 aromatic heterocycles. The summed E-state index contributed by atoms with van der Waals surface area (Å²) in [4.78, 5) is 6.76. The van der Waals surface area contributed by atoms with Crippen LogP contribution in [-0.2, 0) is 13.1 Å². The highest BCUT2D eigenvalue weighted by Crippen LogP contribution is 2.20. The Hall–Kier alpha value is -1.39. The zero-order valence-electron chi connectivity index (χ0n) is 10.2. The number of aromatic nitrogens is 1. The smallest absolute Gasteiger partial charge is 0.185 e. The van der Waals surface area contributed by atoms with E-state index in [4.69, 9.17) is 0 Å². The summed E-state index contributed by atoms with van der Waals surface area (Å²) >= 11 is 1.69. The fraction of sp³-hybridized carbons (Fsp3) is 0.308. The molecule has 2 aromatic rings. The molecule has 0 unspecified atom stereocenters. The lowest BCUT2D eigenvalue weighted by Gasteiger charge is -2.15. The van der Waals surface area contributed by atoms with Crippen molar-refractivity contribution < 1.29 is 0 Å². The van der Waals surface area contributed by atoms with Crippen LogP contribution in [0.2, 0.25) is 0 Å². The van der Waals surface area contributed by atoms with E-state index < -0.39 is 0 Å². The van der Waals surface area contributed by atoms with Gasteiger partial charge in [0.15, 0.2) is 5.13 Å². The van der Waals surface area contributed by atoms with E-state index in [1.807, 2.05) is 13.1 Å². The first-order valence-corrected chi connectivity index (χ1v) is 6.51. The van der Waals surface area contributed by atoms with Crippen LogP contribution in [0.3, 0.4) is 0 Å². The normalized spacial score (nSPS) is 10.5. The highest BCUT2D eigenvalue weighted by Gasteiger charge is 2.06. The van der Waals surface area contributed by atoms with E-state index in [1.165, 1.54) is 5.56 Å². The van der Waals surface area contributed by atoms with Gasteiger partial charge in [0.2, 0.25) is 0 Å². The second-order valence-corrected chi connectivity index (χ2v) is 4.83. The molecule has 0 bridgehead atoms. The third-order valence-corrected chi connectivity index (χ3v) is 3.49. The summed E-state index contributed by atoms with van der Waals surface area (Å²) in [6, 6.07) is 10.4. The molecule has 0 spiro atoms. The number of hydrogen-bond acceptors (Lipinski definition) is 4. The molecule has 2 rings (SSSR count). The molecule has 1 N–H and O–H groups in total. The predicted molar refractivity (Wildman–Crippen MR) is 73.4 cm³/mol. The maximum Gasteiger partial charge on any atom is 0.185 e. The van der Waals surface area contributed by atoms with Crippen LogP contribution in [0, 0.1) is 0 Å². The molecule has 4 heteroatoms. The van der Waals surface area contributed by atoms with Gasteiger partial charge in [-0.25, -0.2) is 4.98 Å². The highest BCUT2D eigenvalue weighted by molar-refractivity contribution is 7.13. The van der Waals surface area contributed by atoms with E-state index in [1.54, 1.807) is 11.3 Å². The van der Waals surface area contributed by atoms with Gasteiger partial charge in [-0.15, -0.1) is 11.3 Å². The monoisotopic (exact) mass is 247 g/mol. The standard InChI is InChI=1S/C13H17N3S/c1-14-8-12-10-17-13(15-12)16(2)9-11-6-4-3-5-7-11/h3-7,10,14H,8-9H2,1-2H3. The van der Waals surface area contributed by atoms with Crippen LogP contribution in [0.1, 0.15) is 11.3 Å². The van der Waals surface area contributed by atoms with Gasteiger partial charge in [-0.2, -0.15) is 0 Å². The van der Waals surface area contributed by atoms with Crippen molar-refractivity contribution in [2.45, 2.75) is 13.1 Å². The Balaban J connectivity index is 2.01. The second-order valence-electron chi connectivity index (χ2n) is 3.99. The topological polar surface area (TPSA) is 28.2 Å². The molecule has 0 radical (unpaired) electrons. The first-order chi connectivity index (χ1) is 8.29. The molecule has 0 aliphatic heterocycles. The number of nitrogens with zero attached hydrogens (tertiary/aromatic N) is 2. The Morgan fingerprint density at radius 2 is 2.06 bits per heavy atom. The fourth-order valence-corrected chi connectivity index (χ4v) is 2.45. The highest BCUT2D eigenvalue weighted by atomic mass is 32.1. The molecular weight excluding hydrogens is 230 g/mol. The number of nitrogens with one attached hydrogen (secondary N) is 1. The zero-order chi connectivity index (χ0) is 12.1. The van der Waals surface area contributed by atoms with Gasteiger partial charge in [-0.3, -0.25) is 0 Å². The molecular formula is C13H17N3S. The summed E-state index contributed by atoms with van der Waals surface area (Å²) in [6.45, 7) is 1.73. The Labute approximate surface area is 106 Å². The fourth-order valence-electron chi connectivity index (χ4n) is 1.66. The Morgan fingerprint density at radius 1 is 1.29 bits per heavy atom. The lowest BCUT2D eigenvalue weighted by Crippen LogP contribution is -2.16. The molecule has 0 saturated carbocycles. The number of anilines is 1. The quantitative estimate of drug-likeness (QED) is 0.880. The Morgan fingerprint density at radius 3 is 2.76 bits per heavy atom. The van der Waals surface area contributed by atoms with Gasteiger partial charge in [0.1, 0.15) is 0 Å². The van der Waals surface area contributed by atoms with E-state index in [2.05, 4.69) is 51.9 Å². The third-order valence-electron chi connectivity index (χ3n) is 2.49. The van der Waals surface area contributed by atoms with Crippen LogP contribution < -0.4 is 10.2 Å². The molecule has 0 saturated heterocycles. The maximum atomic E-state index is 4.58. The third kappa shape index (κ3) is 3.28. The van der Waals surface area contributed by atoms with Crippen LogP contribution in [0.4, 0.5) is 5.13 Å². The van der Waals surface area contributed by atoms with Crippen molar-refractivity contribution in [2.75, 3.05) is 19.0 Å². The molecule has 0 aliphatic carbocycles. The van der Waals surface area contributed by atoms with E-state index in [0.717, 1.165) is 23.9 Å². The van der Waals surface area contributed by atoms with Crippen molar-refractivity contribution in [3.63, 3.8) is 0 Å². The minimum atomic E-state index is 0.829. The largest absolute Gasteiger partial charge is 0.347 e. The predicted octanol–water partition coefficient (Wildman–Crippen LogP) is 2.50. The van der Waals surface area contributed by atoms with Crippen LogP contribution >= 0.6 is 11.3 Å². The molecule has 17 heavy (non-hydrogen) atoms. The number of thiazole rings is 1.